The zero-order chi connectivity index (χ0) is 20.8. The van der Waals surface area contributed by atoms with E-state index in [2.05, 4.69) is 22.1 Å². The summed E-state index contributed by atoms with van der Waals surface area (Å²) in [6.07, 6.45) is 1.03. The molecule has 154 valence electrons. The highest BCUT2D eigenvalue weighted by atomic mass is 16.2. The molecule has 0 radical (unpaired) electrons. The third-order valence-electron chi connectivity index (χ3n) is 5.45. The lowest BCUT2D eigenvalue weighted by Gasteiger charge is -2.36. The Bertz CT molecular complexity index is 1030. The highest BCUT2D eigenvalue weighted by Crippen LogP contribution is 2.16. The van der Waals surface area contributed by atoms with E-state index in [0.29, 0.717) is 19.4 Å². The normalized spacial score (nSPS) is 14.0. The molecule has 1 aliphatic heterocycles. The minimum atomic E-state index is -0.140. The average molecular weight is 402 g/mol. The van der Waals surface area contributed by atoms with E-state index in [9.17, 15) is 9.59 Å². The highest BCUT2D eigenvalue weighted by molar-refractivity contribution is 5.76. The lowest BCUT2D eigenvalue weighted by atomic mass is 10.1. The number of aromatic nitrogens is 2. The Balaban J connectivity index is 1.29. The zero-order valence-electron chi connectivity index (χ0n) is 17.0. The van der Waals surface area contributed by atoms with Gasteiger partial charge in [-0.05, 0) is 24.6 Å². The van der Waals surface area contributed by atoms with Crippen molar-refractivity contribution in [3.63, 3.8) is 0 Å². The molecule has 4 rings (SSSR count). The summed E-state index contributed by atoms with van der Waals surface area (Å²) < 4.78 is 1.46. The molecule has 1 fully saturated rings. The topological polar surface area (TPSA) is 58.4 Å². The van der Waals surface area contributed by atoms with E-state index in [1.807, 2.05) is 53.4 Å². The van der Waals surface area contributed by atoms with Gasteiger partial charge in [0.1, 0.15) is 0 Å². The molecular weight excluding hydrogens is 376 g/mol. The molecule has 0 aliphatic carbocycles. The van der Waals surface area contributed by atoms with E-state index in [-0.39, 0.29) is 11.5 Å². The summed E-state index contributed by atoms with van der Waals surface area (Å²) in [6, 6.07) is 23.4. The number of carbonyl (C=O) groups is 1. The van der Waals surface area contributed by atoms with E-state index in [1.54, 1.807) is 12.1 Å². The molecular formula is C24H26N4O2. The van der Waals surface area contributed by atoms with Crippen LogP contribution in [-0.2, 0) is 11.3 Å². The molecule has 0 unspecified atom stereocenters. The second-order valence-corrected chi connectivity index (χ2v) is 7.45. The van der Waals surface area contributed by atoms with Crippen molar-refractivity contribution in [3.05, 3.63) is 83.2 Å². The van der Waals surface area contributed by atoms with Crippen molar-refractivity contribution in [1.82, 2.24) is 14.7 Å². The molecule has 1 aliphatic rings. The van der Waals surface area contributed by atoms with Crippen LogP contribution >= 0.6 is 0 Å². The molecule has 1 amide bonds. The van der Waals surface area contributed by atoms with Crippen LogP contribution in [0.5, 0.6) is 0 Å². The molecule has 2 heterocycles. The fraction of sp³-hybridized carbons (Fsp3) is 0.292. The number of rotatable bonds is 6. The van der Waals surface area contributed by atoms with Gasteiger partial charge in [-0.1, -0.05) is 48.5 Å². The fourth-order valence-corrected chi connectivity index (χ4v) is 3.76. The van der Waals surface area contributed by atoms with Crippen molar-refractivity contribution in [3.8, 4) is 11.3 Å². The third kappa shape index (κ3) is 4.76. The van der Waals surface area contributed by atoms with Gasteiger partial charge in [0, 0.05) is 56.5 Å². The van der Waals surface area contributed by atoms with Gasteiger partial charge < -0.3 is 9.80 Å². The summed E-state index contributed by atoms with van der Waals surface area (Å²) in [5, 5.41) is 4.47. The minimum Gasteiger partial charge on any atom is -0.368 e. The highest BCUT2D eigenvalue weighted by Gasteiger charge is 2.20. The Morgan fingerprint density at radius 1 is 0.833 bits per heavy atom. The lowest BCUT2D eigenvalue weighted by Crippen LogP contribution is -2.48. The molecule has 1 saturated heterocycles. The van der Waals surface area contributed by atoms with Crippen molar-refractivity contribution >= 4 is 11.6 Å². The first-order valence-corrected chi connectivity index (χ1v) is 10.4. The summed E-state index contributed by atoms with van der Waals surface area (Å²) in [7, 11) is 0. The van der Waals surface area contributed by atoms with Gasteiger partial charge in [-0.15, -0.1) is 0 Å². The minimum absolute atomic E-state index is 0.140. The van der Waals surface area contributed by atoms with Crippen molar-refractivity contribution in [1.29, 1.82) is 0 Å². The number of piperazine rings is 1. The second kappa shape index (κ2) is 9.39. The van der Waals surface area contributed by atoms with Gasteiger partial charge in [-0.3, -0.25) is 9.59 Å². The summed E-state index contributed by atoms with van der Waals surface area (Å²) in [6.45, 7) is 3.59. The van der Waals surface area contributed by atoms with Gasteiger partial charge in [-0.25, -0.2) is 4.68 Å². The number of hydrogen-bond acceptors (Lipinski definition) is 4. The summed E-state index contributed by atoms with van der Waals surface area (Å²) in [5.41, 5.74) is 2.80. The molecule has 2 aromatic carbocycles. The quantitative estimate of drug-likeness (QED) is 0.636. The van der Waals surface area contributed by atoms with Crippen molar-refractivity contribution in [2.24, 2.45) is 0 Å². The van der Waals surface area contributed by atoms with Gasteiger partial charge in [0.15, 0.2) is 0 Å². The molecule has 3 aromatic rings. The summed E-state index contributed by atoms with van der Waals surface area (Å²) in [4.78, 5) is 29.0. The molecule has 0 atom stereocenters. The van der Waals surface area contributed by atoms with Crippen LogP contribution in [0.25, 0.3) is 11.3 Å². The number of anilines is 1. The fourth-order valence-electron chi connectivity index (χ4n) is 3.76. The molecule has 1 aromatic heterocycles. The number of aryl methyl sites for hydroxylation is 1. The Labute approximate surface area is 176 Å². The monoisotopic (exact) mass is 402 g/mol. The van der Waals surface area contributed by atoms with Crippen molar-refractivity contribution in [2.45, 2.75) is 19.4 Å². The number of para-hydroxylation sites is 1. The van der Waals surface area contributed by atoms with Gasteiger partial charge in [-0.2, -0.15) is 5.10 Å². The molecule has 6 nitrogen and oxygen atoms in total. The molecule has 0 bridgehead atoms. The predicted octanol–water partition coefficient (Wildman–Crippen LogP) is 3.04. The molecule has 0 N–H and O–H groups in total. The standard InChI is InChI=1S/C24H26N4O2/c29-23(27-18-16-26(17-19-27)21-10-5-2-6-11-21)12-7-15-28-24(30)14-13-22(25-28)20-8-3-1-4-9-20/h1-6,8-11,13-14H,7,12,15-19H2. The zero-order valence-corrected chi connectivity index (χ0v) is 17.0. The first-order valence-electron chi connectivity index (χ1n) is 10.4. The van der Waals surface area contributed by atoms with Crippen LogP contribution in [0.4, 0.5) is 5.69 Å². The Morgan fingerprint density at radius 2 is 1.50 bits per heavy atom. The van der Waals surface area contributed by atoms with E-state index >= 15 is 0 Å². The van der Waals surface area contributed by atoms with E-state index in [1.165, 1.54) is 10.4 Å². The number of benzene rings is 2. The Morgan fingerprint density at radius 3 is 2.20 bits per heavy atom. The molecule has 6 heteroatoms. The lowest BCUT2D eigenvalue weighted by molar-refractivity contribution is -0.131. The molecule has 0 saturated carbocycles. The Kier molecular flexibility index (Phi) is 6.23. The molecule has 0 spiro atoms. The van der Waals surface area contributed by atoms with Crippen LogP contribution in [0.15, 0.2) is 77.6 Å². The van der Waals surface area contributed by atoms with Crippen LogP contribution in [0.2, 0.25) is 0 Å². The van der Waals surface area contributed by atoms with Gasteiger partial charge >= 0.3 is 0 Å². The number of carbonyl (C=O) groups excluding carboxylic acids is 1. The first kappa shape index (κ1) is 19.9. The second-order valence-electron chi connectivity index (χ2n) is 7.45. The van der Waals surface area contributed by atoms with E-state index < -0.39 is 0 Å². The maximum Gasteiger partial charge on any atom is 0.266 e. The van der Waals surface area contributed by atoms with Crippen molar-refractivity contribution < 1.29 is 4.79 Å². The van der Waals surface area contributed by atoms with Gasteiger partial charge in [0.25, 0.3) is 5.56 Å². The maximum atomic E-state index is 12.6. The predicted molar refractivity (Wildman–Crippen MR) is 118 cm³/mol. The van der Waals surface area contributed by atoms with E-state index in [0.717, 1.165) is 37.4 Å². The smallest absolute Gasteiger partial charge is 0.266 e. The number of nitrogens with zero attached hydrogens (tertiary/aromatic N) is 4. The largest absolute Gasteiger partial charge is 0.368 e. The van der Waals surface area contributed by atoms with Crippen molar-refractivity contribution in [2.75, 3.05) is 31.1 Å². The average Bonchev–Trinajstić information content (AvgIpc) is 2.81. The van der Waals surface area contributed by atoms with Crippen LogP contribution in [0, 0.1) is 0 Å². The van der Waals surface area contributed by atoms with Crippen LogP contribution in [0.1, 0.15) is 12.8 Å². The van der Waals surface area contributed by atoms with Crippen LogP contribution in [0.3, 0.4) is 0 Å². The van der Waals surface area contributed by atoms with E-state index in [4.69, 9.17) is 0 Å². The SMILES string of the molecule is O=C(CCCn1nc(-c2ccccc2)ccc1=O)N1CCN(c2ccccc2)CC1. The number of hydrogen-bond donors (Lipinski definition) is 0. The van der Waals surface area contributed by atoms with Gasteiger partial charge in [0.05, 0.1) is 5.69 Å². The number of amides is 1. The molecule has 30 heavy (non-hydrogen) atoms. The maximum absolute atomic E-state index is 12.6. The third-order valence-corrected chi connectivity index (χ3v) is 5.45. The Hall–Kier alpha value is -3.41. The van der Waals surface area contributed by atoms with Crippen LogP contribution in [-0.4, -0.2) is 46.8 Å². The summed E-state index contributed by atoms with van der Waals surface area (Å²) in [5.74, 6) is 0.148. The van der Waals surface area contributed by atoms with Gasteiger partial charge in [0.2, 0.25) is 5.91 Å². The first-order chi connectivity index (χ1) is 14.7. The summed E-state index contributed by atoms with van der Waals surface area (Å²) >= 11 is 0. The van der Waals surface area contributed by atoms with Crippen LogP contribution < -0.4 is 10.5 Å².